The number of benzene rings is 1. The molecule has 0 saturated carbocycles. The molecule has 1 unspecified atom stereocenters. The number of likely N-dealkylation sites (tertiary alicyclic amines) is 1. The third kappa shape index (κ3) is 4.44. The molecule has 1 heterocycles. The summed E-state index contributed by atoms with van der Waals surface area (Å²) in [5, 5.41) is 3.06. The van der Waals surface area contributed by atoms with E-state index in [1.54, 1.807) is 13.0 Å². The number of piperidine rings is 1. The molecule has 0 radical (unpaired) electrons. The molecule has 1 aliphatic heterocycles. The van der Waals surface area contributed by atoms with E-state index < -0.39 is 0 Å². The number of rotatable bonds is 6. The maximum atomic E-state index is 13.1. The second-order valence-corrected chi connectivity index (χ2v) is 7.63. The van der Waals surface area contributed by atoms with Crippen molar-refractivity contribution in [2.75, 3.05) is 32.1 Å². The van der Waals surface area contributed by atoms with Crippen LogP contribution in [0.1, 0.15) is 61.0 Å². The van der Waals surface area contributed by atoms with Crippen LogP contribution in [-0.4, -0.2) is 49.1 Å². The molecule has 5 nitrogen and oxygen atoms in total. The van der Waals surface area contributed by atoms with Crippen LogP contribution in [0.3, 0.4) is 0 Å². The number of nitrogens with one attached hydrogen (secondary N) is 1. The van der Waals surface area contributed by atoms with Crippen LogP contribution in [-0.2, 0) is 9.53 Å². The molecule has 26 heavy (non-hydrogen) atoms. The maximum Gasteiger partial charge on any atom is 0.340 e. The number of amides is 1. The van der Waals surface area contributed by atoms with E-state index in [0.717, 1.165) is 48.0 Å². The second-order valence-electron chi connectivity index (χ2n) is 7.63. The summed E-state index contributed by atoms with van der Waals surface area (Å²) in [7, 11) is 2.18. The number of ether oxygens (including phenoxy) is 1. The summed E-state index contributed by atoms with van der Waals surface area (Å²) in [5.41, 5.74) is 2.89. The van der Waals surface area contributed by atoms with Gasteiger partial charge in [0.05, 0.1) is 38.0 Å². The lowest BCUT2D eigenvalue weighted by Gasteiger charge is -2.43. The van der Waals surface area contributed by atoms with E-state index in [-0.39, 0.29) is 17.9 Å². The third-order valence-corrected chi connectivity index (χ3v) is 5.50. The molecule has 5 heteroatoms. The van der Waals surface area contributed by atoms with Gasteiger partial charge in [0.1, 0.15) is 0 Å². The zero-order valence-electron chi connectivity index (χ0n) is 16.9. The Morgan fingerprint density at radius 3 is 2.38 bits per heavy atom. The molecule has 1 aliphatic rings. The molecule has 1 aromatic rings. The summed E-state index contributed by atoms with van der Waals surface area (Å²) in [4.78, 5) is 25.5. The van der Waals surface area contributed by atoms with Gasteiger partial charge >= 0.3 is 5.97 Å². The molecule has 1 fully saturated rings. The monoisotopic (exact) mass is 361 g/mol. The van der Waals surface area contributed by atoms with Crippen LogP contribution in [0.25, 0.3) is 0 Å². The maximum absolute atomic E-state index is 13.1. The van der Waals surface area contributed by atoms with Gasteiger partial charge in [-0.05, 0) is 57.2 Å². The molecule has 1 aromatic carbocycles. The van der Waals surface area contributed by atoms with Gasteiger partial charge in [-0.2, -0.15) is 0 Å². The topological polar surface area (TPSA) is 55.4 Å². The number of carbonyl (C=O) groups excluding carboxylic acids is 2. The van der Waals surface area contributed by atoms with Crippen LogP contribution in [0.5, 0.6) is 0 Å². The molecule has 2 rings (SSSR count). The molecule has 0 bridgehead atoms. The first-order valence-corrected chi connectivity index (χ1v) is 9.75. The van der Waals surface area contributed by atoms with E-state index in [0.29, 0.717) is 17.9 Å². The summed E-state index contributed by atoms with van der Waals surface area (Å²) in [6.45, 7) is 10.1. The molecule has 0 aromatic heterocycles. The van der Waals surface area contributed by atoms with Crippen molar-refractivity contribution in [1.29, 1.82) is 0 Å². The highest BCUT2D eigenvalue weighted by Crippen LogP contribution is 2.27. The number of likely N-dealkylation sites (N-methyl/N-ethyl adjacent to an activating group) is 1. The predicted molar refractivity (Wildman–Crippen MR) is 104 cm³/mol. The average Bonchev–Trinajstić information content (AvgIpc) is 2.58. The van der Waals surface area contributed by atoms with Crippen molar-refractivity contribution in [3.05, 3.63) is 28.8 Å². The highest BCUT2D eigenvalue weighted by Gasteiger charge is 2.38. The fourth-order valence-electron chi connectivity index (χ4n) is 4.17. The van der Waals surface area contributed by atoms with Crippen LogP contribution >= 0.6 is 0 Å². The largest absolute Gasteiger partial charge is 0.462 e. The van der Waals surface area contributed by atoms with Crippen molar-refractivity contribution in [3.8, 4) is 0 Å². The highest BCUT2D eigenvalue weighted by atomic mass is 16.5. The number of carbonyl (C=O) groups is 2. The van der Waals surface area contributed by atoms with Crippen LogP contribution < -0.4 is 5.32 Å². The van der Waals surface area contributed by atoms with Crippen molar-refractivity contribution in [3.63, 3.8) is 0 Å². The zero-order valence-corrected chi connectivity index (χ0v) is 16.9. The Morgan fingerprint density at radius 2 is 1.81 bits per heavy atom. The molecule has 1 amide bonds. The zero-order chi connectivity index (χ0) is 19.3. The standard InChI is InChI=1S/C21H32N2O3/c1-6-18(23(5)11-9-8-10-12-23)20(24)22-19-16(4)13-15(3)14-17(19)21(25)26-7-2/h13-14,18H,6-12H2,1-5H3/p+1. The Kier molecular flexibility index (Phi) is 6.81. The number of anilines is 1. The second kappa shape index (κ2) is 8.67. The van der Waals surface area contributed by atoms with Gasteiger partial charge in [0, 0.05) is 6.42 Å². The highest BCUT2D eigenvalue weighted by molar-refractivity contribution is 6.03. The van der Waals surface area contributed by atoms with Gasteiger partial charge in [0.15, 0.2) is 6.04 Å². The molecule has 0 spiro atoms. The van der Waals surface area contributed by atoms with Gasteiger partial charge in [0.25, 0.3) is 5.91 Å². The van der Waals surface area contributed by atoms with Gasteiger partial charge in [-0.15, -0.1) is 0 Å². The van der Waals surface area contributed by atoms with Crippen molar-refractivity contribution in [2.45, 2.75) is 59.4 Å². The minimum absolute atomic E-state index is 0.00518. The van der Waals surface area contributed by atoms with Crippen LogP contribution in [0.4, 0.5) is 5.69 Å². The summed E-state index contributed by atoms with van der Waals surface area (Å²) in [6, 6.07) is 3.67. The lowest BCUT2D eigenvalue weighted by atomic mass is 10.0. The van der Waals surface area contributed by atoms with Gasteiger partial charge in [-0.3, -0.25) is 4.79 Å². The summed E-state index contributed by atoms with van der Waals surface area (Å²) < 4.78 is 5.97. The van der Waals surface area contributed by atoms with Crippen molar-refractivity contribution >= 4 is 17.6 Å². The third-order valence-electron chi connectivity index (χ3n) is 5.50. The summed E-state index contributed by atoms with van der Waals surface area (Å²) >= 11 is 0. The quantitative estimate of drug-likeness (QED) is 0.619. The van der Waals surface area contributed by atoms with E-state index in [2.05, 4.69) is 19.3 Å². The normalized spacial score (nSPS) is 17.4. The fraction of sp³-hybridized carbons (Fsp3) is 0.619. The number of aryl methyl sites for hydroxylation is 2. The Bertz CT molecular complexity index is 663. The molecule has 0 aliphatic carbocycles. The molecule has 1 N–H and O–H groups in total. The Balaban J connectivity index is 2.31. The number of hydrogen-bond donors (Lipinski definition) is 1. The Hall–Kier alpha value is -1.88. The number of hydrogen-bond acceptors (Lipinski definition) is 3. The Labute approximate surface area is 157 Å². The molecule has 144 valence electrons. The van der Waals surface area contributed by atoms with Crippen molar-refractivity contribution < 1.29 is 18.8 Å². The summed E-state index contributed by atoms with van der Waals surface area (Å²) in [5.74, 6) is -0.393. The molecule has 1 saturated heterocycles. The molecule has 1 atom stereocenters. The number of nitrogens with zero attached hydrogens (tertiary/aromatic N) is 1. The smallest absolute Gasteiger partial charge is 0.340 e. The van der Waals surface area contributed by atoms with Crippen molar-refractivity contribution in [2.24, 2.45) is 0 Å². The lowest BCUT2D eigenvalue weighted by Crippen LogP contribution is -2.59. The van der Waals surface area contributed by atoms with E-state index in [4.69, 9.17) is 4.74 Å². The van der Waals surface area contributed by atoms with Gasteiger partial charge in [-0.25, -0.2) is 4.79 Å². The molecular formula is C21H33N2O3+. The van der Waals surface area contributed by atoms with Gasteiger partial charge in [0.2, 0.25) is 0 Å². The predicted octanol–water partition coefficient (Wildman–Crippen LogP) is 3.83. The fourth-order valence-corrected chi connectivity index (χ4v) is 4.17. The first kappa shape index (κ1) is 20.4. The van der Waals surface area contributed by atoms with E-state index in [9.17, 15) is 9.59 Å². The SMILES string of the molecule is CCOC(=O)c1cc(C)cc(C)c1NC(=O)C(CC)[N+]1(C)CCCCC1. The minimum Gasteiger partial charge on any atom is -0.462 e. The van der Waals surface area contributed by atoms with Crippen LogP contribution in [0, 0.1) is 13.8 Å². The summed E-state index contributed by atoms with van der Waals surface area (Å²) in [6.07, 6.45) is 4.35. The minimum atomic E-state index is -0.388. The number of quaternary nitrogens is 1. The Morgan fingerprint density at radius 1 is 1.15 bits per heavy atom. The van der Waals surface area contributed by atoms with E-state index in [1.165, 1.54) is 6.42 Å². The van der Waals surface area contributed by atoms with Crippen molar-refractivity contribution in [1.82, 2.24) is 0 Å². The van der Waals surface area contributed by atoms with Crippen LogP contribution in [0.15, 0.2) is 12.1 Å². The number of esters is 1. The first-order chi connectivity index (χ1) is 12.3. The average molecular weight is 362 g/mol. The van der Waals surface area contributed by atoms with E-state index in [1.807, 2.05) is 19.9 Å². The first-order valence-electron chi connectivity index (χ1n) is 9.75. The van der Waals surface area contributed by atoms with Gasteiger partial charge < -0.3 is 14.5 Å². The van der Waals surface area contributed by atoms with Gasteiger partial charge in [-0.1, -0.05) is 13.0 Å². The van der Waals surface area contributed by atoms with Crippen LogP contribution in [0.2, 0.25) is 0 Å². The van der Waals surface area contributed by atoms with E-state index >= 15 is 0 Å². The lowest BCUT2D eigenvalue weighted by molar-refractivity contribution is -0.928. The molecular weight excluding hydrogens is 328 g/mol.